The molecule has 0 amide bonds. The molecule has 0 bridgehead atoms. The lowest BCUT2D eigenvalue weighted by molar-refractivity contribution is 0.346. The molecule has 3 aromatic rings. The lowest BCUT2D eigenvalue weighted by Crippen LogP contribution is -2.18. The van der Waals surface area contributed by atoms with E-state index in [1.54, 1.807) is 19.7 Å². The summed E-state index contributed by atoms with van der Waals surface area (Å²) in [6.45, 7) is 1.85. The Bertz CT molecular complexity index is 824. The lowest BCUT2D eigenvalue weighted by atomic mass is 10.1. The van der Waals surface area contributed by atoms with Crippen molar-refractivity contribution in [3.63, 3.8) is 0 Å². The average Bonchev–Trinajstić information content (AvgIpc) is 2.69. The maximum Gasteiger partial charge on any atom is 0.331 e. The van der Waals surface area contributed by atoms with Gasteiger partial charge < -0.3 is 14.8 Å². The quantitative estimate of drug-likeness (QED) is 0.386. The molecular formula is C20H19BBrN2O2. The smallest absolute Gasteiger partial charge is 0.331 e. The van der Waals surface area contributed by atoms with Gasteiger partial charge in [0.2, 0.25) is 0 Å². The Hall–Kier alpha value is -2.44. The number of methoxy groups -OCH3 is 1. The van der Waals surface area contributed by atoms with Crippen molar-refractivity contribution >= 4 is 46.2 Å². The van der Waals surface area contributed by atoms with Gasteiger partial charge in [0.15, 0.2) is 0 Å². The molecule has 0 fully saturated rings. The first kappa shape index (κ1) is 18.4. The predicted molar refractivity (Wildman–Crippen MR) is 112 cm³/mol. The zero-order valence-corrected chi connectivity index (χ0v) is 16.2. The molecule has 0 aliphatic heterocycles. The molecule has 3 aromatic carbocycles. The molecule has 0 aromatic heterocycles. The molecule has 0 spiro atoms. The van der Waals surface area contributed by atoms with Crippen molar-refractivity contribution in [1.29, 1.82) is 0 Å². The van der Waals surface area contributed by atoms with Crippen LogP contribution in [0, 0.1) is 0 Å². The van der Waals surface area contributed by atoms with Crippen LogP contribution < -0.4 is 15.1 Å². The van der Waals surface area contributed by atoms with Gasteiger partial charge in [0.1, 0.15) is 5.75 Å². The SMILES string of the molecule is C[B]ON(c1ccc(Nc2ccc(Br)cc2)cc1)c1ccc(OC)cc1. The molecule has 1 N–H and O–H groups in total. The van der Waals surface area contributed by atoms with Crippen LogP contribution in [0.1, 0.15) is 0 Å². The number of nitrogens with zero attached hydrogens (tertiary/aromatic N) is 1. The summed E-state index contributed by atoms with van der Waals surface area (Å²) in [6.07, 6.45) is 0. The number of anilines is 4. The Labute approximate surface area is 163 Å². The highest BCUT2D eigenvalue weighted by atomic mass is 79.9. The van der Waals surface area contributed by atoms with Gasteiger partial charge in [-0.1, -0.05) is 22.8 Å². The Balaban J connectivity index is 1.78. The Kier molecular flexibility index (Phi) is 6.20. The molecule has 0 atom stereocenters. The van der Waals surface area contributed by atoms with E-state index < -0.39 is 0 Å². The van der Waals surface area contributed by atoms with Crippen molar-refractivity contribution in [2.24, 2.45) is 0 Å². The number of ether oxygens (including phenoxy) is 1. The Morgan fingerprint density at radius 3 is 1.81 bits per heavy atom. The highest BCUT2D eigenvalue weighted by Gasteiger charge is 2.10. The second-order valence-electron chi connectivity index (χ2n) is 5.51. The third-order valence-corrected chi connectivity index (χ3v) is 4.28. The minimum absolute atomic E-state index is 0.809. The normalized spacial score (nSPS) is 10.3. The fraction of sp³-hybridized carbons (Fsp3) is 0.100. The van der Waals surface area contributed by atoms with Crippen molar-refractivity contribution in [3.05, 3.63) is 77.3 Å². The molecule has 0 saturated heterocycles. The van der Waals surface area contributed by atoms with Gasteiger partial charge in [-0.25, -0.2) is 5.06 Å². The number of rotatable bonds is 7. The maximum absolute atomic E-state index is 5.70. The second kappa shape index (κ2) is 8.78. The van der Waals surface area contributed by atoms with Crippen LogP contribution in [0.25, 0.3) is 0 Å². The number of halogens is 1. The fourth-order valence-electron chi connectivity index (χ4n) is 2.47. The molecule has 0 aliphatic rings. The molecule has 3 rings (SSSR count). The highest BCUT2D eigenvalue weighted by molar-refractivity contribution is 9.10. The summed E-state index contributed by atoms with van der Waals surface area (Å²) in [5.74, 6) is 0.809. The standard InChI is InChI=1S/C20H19BBrN2O2/c1-21-26-24(19-11-13-20(25-2)14-12-19)18-9-7-17(8-10-18)23-16-5-3-15(22)4-6-16/h3-14,23H,1-2H3. The molecule has 1 radical (unpaired) electrons. The lowest BCUT2D eigenvalue weighted by Gasteiger charge is -2.24. The zero-order valence-electron chi connectivity index (χ0n) is 14.6. The molecule has 131 valence electrons. The highest BCUT2D eigenvalue weighted by Crippen LogP contribution is 2.29. The van der Waals surface area contributed by atoms with Gasteiger partial charge in [-0.05, 0) is 72.8 Å². The molecule has 26 heavy (non-hydrogen) atoms. The second-order valence-corrected chi connectivity index (χ2v) is 6.43. The van der Waals surface area contributed by atoms with Gasteiger partial charge in [0.25, 0.3) is 0 Å². The van der Waals surface area contributed by atoms with Gasteiger partial charge in [0, 0.05) is 15.8 Å². The molecular weight excluding hydrogens is 391 g/mol. The molecule has 0 heterocycles. The van der Waals surface area contributed by atoms with E-state index in [-0.39, 0.29) is 0 Å². The summed E-state index contributed by atoms with van der Waals surface area (Å²) in [4.78, 5) is 0. The third kappa shape index (κ3) is 4.59. The topological polar surface area (TPSA) is 33.7 Å². The van der Waals surface area contributed by atoms with E-state index >= 15 is 0 Å². The molecule has 6 heteroatoms. The van der Waals surface area contributed by atoms with Crippen molar-refractivity contribution in [1.82, 2.24) is 0 Å². The molecule has 0 aliphatic carbocycles. The van der Waals surface area contributed by atoms with E-state index in [2.05, 4.69) is 21.2 Å². The first-order chi connectivity index (χ1) is 12.7. The van der Waals surface area contributed by atoms with Crippen molar-refractivity contribution < 1.29 is 9.49 Å². The van der Waals surface area contributed by atoms with E-state index in [1.165, 1.54) is 0 Å². The van der Waals surface area contributed by atoms with E-state index in [4.69, 9.17) is 9.49 Å². The van der Waals surface area contributed by atoms with Gasteiger partial charge in [-0.15, -0.1) is 0 Å². The number of nitrogens with one attached hydrogen (secondary N) is 1. The summed E-state index contributed by atoms with van der Waals surface area (Å²) in [5, 5.41) is 5.15. The molecule has 4 nitrogen and oxygen atoms in total. The minimum atomic E-state index is 0.809. The van der Waals surface area contributed by atoms with Crippen molar-refractivity contribution in [2.45, 2.75) is 6.82 Å². The van der Waals surface area contributed by atoms with Crippen LogP contribution in [-0.4, -0.2) is 14.6 Å². The van der Waals surface area contributed by atoms with Crippen LogP contribution in [-0.2, 0) is 4.76 Å². The van der Waals surface area contributed by atoms with Gasteiger partial charge in [-0.2, -0.15) is 0 Å². The Morgan fingerprint density at radius 1 is 0.808 bits per heavy atom. The predicted octanol–water partition coefficient (Wildman–Crippen LogP) is 5.94. The first-order valence-electron chi connectivity index (χ1n) is 8.21. The number of hydrogen-bond acceptors (Lipinski definition) is 4. The summed E-state index contributed by atoms with van der Waals surface area (Å²) in [6, 6.07) is 23.8. The van der Waals surface area contributed by atoms with Crippen LogP contribution in [0.4, 0.5) is 22.7 Å². The number of benzene rings is 3. The van der Waals surface area contributed by atoms with Gasteiger partial charge >= 0.3 is 7.48 Å². The average molecular weight is 410 g/mol. The largest absolute Gasteiger partial charge is 0.497 e. The zero-order chi connectivity index (χ0) is 18.4. The van der Waals surface area contributed by atoms with Crippen LogP contribution in [0.15, 0.2) is 77.3 Å². The maximum atomic E-state index is 5.70. The molecule has 0 unspecified atom stereocenters. The van der Waals surface area contributed by atoms with Crippen LogP contribution in [0.2, 0.25) is 6.82 Å². The molecule has 0 saturated carbocycles. The summed E-state index contributed by atoms with van der Waals surface area (Å²) in [7, 11) is 3.30. The van der Waals surface area contributed by atoms with E-state index in [1.807, 2.05) is 79.6 Å². The van der Waals surface area contributed by atoms with Crippen molar-refractivity contribution in [3.8, 4) is 5.75 Å². The monoisotopic (exact) mass is 409 g/mol. The summed E-state index contributed by atoms with van der Waals surface area (Å²) < 4.78 is 12.0. The van der Waals surface area contributed by atoms with Gasteiger partial charge in [-0.3, -0.25) is 0 Å². The number of hydrogen-bond donors (Lipinski definition) is 1. The van der Waals surface area contributed by atoms with E-state index in [9.17, 15) is 0 Å². The first-order valence-corrected chi connectivity index (χ1v) is 9.00. The summed E-state index contributed by atoms with van der Waals surface area (Å²) >= 11 is 3.44. The van der Waals surface area contributed by atoms with Crippen LogP contribution in [0.3, 0.4) is 0 Å². The Morgan fingerprint density at radius 2 is 1.31 bits per heavy atom. The van der Waals surface area contributed by atoms with Crippen LogP contribution in [0.5, 0.6) is 5.75 Å². The van der Waals surface area contributed by atoms with Gasteiger partial charge in [0.05, 0.1) is 18.5 Å². The van der Waals surface area contributed by atoms with E-state index in [0.29, 0.717) is 0 Å². The van der Waals surface area contributed by atoms with Crippen LogP contribution >= 0.6 is 15.9 Å². The third-order valence-electron chi connectivity index (χ3n) is 3.75. The van der Waals surface area contributed by atoms with Crippen molar-refractivity contribution in [2.75, 3.05) is 17.5 Å². The summed E-state index contributed by atoms with van der Waals surface area (Å²) in [5.41, 5.74) is 3.88. The van der Waals surface area contributed by atoms with E-state index in [0.717, 1.165) is 33.0 Å². The fourth-order valence-corrected chi connectivity index (χ4v) is 2.74. The minimum Gasteiger partial charge on any atom is -0.497 e.